The zero-order valence-electron chi connectivity index (χ0n) is 10.7. The molecule has 0 aromatic heterocycles. The Labute approximate surface area is 103 Å². The third-order valence-corrected chi connectivity index (χ3v) is 3.61. The van der Waals surface area contributed by atoms with Crippen LogP contribution in [-0.2, 0) is 10.3 Å². The highest BCUT2D eigenvalue weighted by Crippen LogP contribution is 2.34. The molecule has 0 saturated carbocycles. The Balaban J connectivity index is 2.19. The molecule has 1 aromatic carbocycles. The van der Waals surface area contributed by atoms with Crippen LogP contribution in [0.2, 0.25) is 0 Å². The fourth-order valence-corrected chi connectivity index (χ4v) is 2.37. The zero-order chi connectivity index (χ0) is 12.3. The van der Waals surface area contributed by atoms with E-state index in [0.29, 0.717) is 6.42 Å². The van der Waals surface area contributed by atoms with Crippen LogP contribution in [0.1, 0.15) is 55.5 Å². The highest BCUT2D eigenvalue weighted by atomic mass is 16.5. The summed E-state index contributed by atoms with van der Waals surface area (Å²) in [5, 5.41) is 0. The molecule has 1 atom stereocenters. The molecule has 0 radical (unpaired) electrons. The van der Waals surface area contributed by atoms with Gasteiger partial charge in [-0.25, -0.2) is 0 Å². The van der Waals surface area contributed by atoms with Crippen LogP contribution in [0, 0.1) is 0 Å². The Kier molecular flexibility index (Phi) is 3.63. The van der Waals surface area contributed by atoms with Crippen LogP contribution in [0.4, 0.5) is 0 Å². The molecule has 0 aliphatic carbocycles. The van der Waals surface area contributed by atoms with Gasteiger partial charge in [0.05, 0.1) is 5.60 Å². The molecule has 0 amide bonds. The van der Waals surface area contributed by atoms with E-state index >= 15 is 0 Å². The van der Waals surface area contributed by atoms with Crippen LogP contribution < -0.4 is 0 Å². The second-order valence-corrected chi connectivity index (χ2v) is 4.89. The van der Waals surface area contributed by atoms with Crippen LogP contribution in [0.3, 0.4) is 0 Å². The molecule has 2 nitrogen and oxygen atoms in total. The average Bonchev–Trinajstić information content (AvgIpc) is 2.39. The molecule has 0 spiro atoms. The van der Waals surface area contributed by atoms with Crippen LogP contribution in [-0.4, -0.2) is 12.4 Å². The Morgan fingerprint density at radius 2 is 2.00 bits per heavy atom. The predicted octanol–water partition coefficient (Wildman–Crippen LogP) is 3.70. The maximum atomic E-state index is 11.5. The summed E-state index contributed by atoms with van der Waals surface area (Å²) < 4.78 is 5.89. The molecule has 2 rings (SSSR count). The minimum Gasteiger partial charge on any atom is -0.371 e. The first-order valence-corrected chi connectivity index (χ1v) is 6.43. The number of rotatable bonds is 3. The molecule has 1 aliphatic rings. The molecule has 1 aliphatic heterocycles. The number of hydrogen-bond acceptors (Lipinski definition) is 2. The van der Waals surface area contributed by atoms with Gasteiger partial charge >= 0.3 is 0 Å². The van der Waals surface area contributed by atoms with Gasteiger partial charge in [-0.1, -0.05) is 31.2 Å². The Hall–Kier alpha value is -1.15. The van der Waals surface area contributed by atoms with E-state index in [1.54, 1.807) is 0 Å². The number of benzene rings is 1. The van der Waals surface area contributed by atoms with Gasteiger partial charge in [0.2, 0.25) is 0 Å². The quantitative estimate of drug-likeness (QED) is 0.743. The lowest BCUT2D eigenvalue weighted by atomic mass is 9.87. The van der Waals surface area contributed by atoms with E-state index in [9.17, 15) is 4.79 Å². The van der Waals surface area contributed by atoms with Crippen molar-refractivity contribution >= 4 is 5.78 Å². The van der Waals surface area contributed by atoms with E-state index in [1.165, 1.54) is 12.0 Å². The van der Waals surface area contributed by atoms with Crippen molar-refractivity contribution in [3.8, 4) is 0 Å². The van der Waals surface area contributed by atoms with Crippen LogP contribution in [0.15, 0.2) is 24.3 Å². The number of carbonyl (C=O) groups excluding carboxylic acids is 1. The molecule has 1 saturated heterocycles. The van der Waals surface area contributed by atoms with E-state index in [0.717, 1.165) is 25.0 Å². The van der Waals surface area contributed by atoms with E-state index in [4.69, 9.17) is 4.74 Å². The van der Waals surface area contributed by atoms with Crippen molar-refractivity contribution in [2.45, 2.75) is 45.1 Å². The summed E-state index contributed by atoms with van der Waals surface area (Å²) in [5.41, 5.74) is 1.83. The first-order chi connectivity index (χ1) is 8.15. The summed E-state index contributed by atoms with van der Waals surface area (Å²) in [6.45, 7) is 4.87. The van der Waals surface area contributed by atoms with Crippen molar-refractivity contribution in [1.29, 1.82) is 0 Å². The molecule has 1 fully saturated rings. The van der Waals surface area contributed by atoms with E-state index in [-0.39, 0.29) is 11.4 Å². The second-order valence-electron chi connectivity index (χ2n) is 4.89. The summed E-state index contributed by atoms with van der Waals surface area (Å²) >= 11 is 0. The number of carbonyl (C=O) groups is 1. The molecule has 0 bridgehead atoms. The van der Waals surface area contributed by atoms with Crippen LogP contribution in [0.25, 0.3) is 0 Å². The van der Waals surface area contributed by atoms with Gasteiger partial charge in [-0.05, 0) is 31.7 Å². The maximum Gasteiger partial charge on any atom is 0.162 e. The van der Waals surface area contributed by atoms with Crippen molar-refractivity contribution in [2.24, 2.45) is 0 Å². The van der Waals surface area contributed by atoms with Gasteiger partial charge in [-0.3, -0.25) is 4.79 Å². The normalized spacial score (nSPS) is 24.6. The first-order valence-electron chi connectivity index (χ1n) is 6.43. The Morgan fingerprint density at radius 1 is 1.29 bits per heavy atom. The number of ether oxygens (including phenoxy) is 1. The summed E-state index contributed by atoms with van der Waals surface area (Å²) in [6, 6.07) is 7.91. The van der Waals surface area contributed by atoms with E-state index < -0.39 is 0 Å². The molecular weight excluding hydrogens is 212 g/mol. The molecule has 0 N–H and O–H groups in total. The van der Waals surface area contributed by atoms with Gasteiger partial charge < -0.3 is 4.74 Å². The van der Waals surface area contributed by atoms with Gasteiger partial charge in [-0.15, -0.1) is 0 Å². The van der Waals surface area contributed by atoms with Gasteiger partial charge in [0.25, 0.3) is 0 Å². The molecule has 17 heavy (non-hydrogen) atoms. The van der Waals surface area contributed by atoms with Gasteiger partial charge in [0.15, 0.2) is 5.78 Å². The van der Waals surface area contributed by atoms with Crippen molar-refractivity contribution in [1.82, 2.24) is 0 Å². The number of Topliss-reactive ketones (excluding diaryl/α,β-unsaturated/α-hetero) is 1. The fourth-order valence-electron chi connectivity index (χ4n) is 2.37. The highest BCUT2D eigenvalue weighted by molar-refractivity contribution is 5.95. The Morgan fingerprint density at radius 3 is 2.53 bits per heavy atom. The summed E-state index contributed by atoms with van der Waals surface area (Å²) in [7, 11) is 0. The smallest absolute Gasteiger partial charge is 0.162 e. The third kappa shape index (κ3) is 2.58. The molecule has 92 valence electrons. The number of ketones is 1. The lowest BCUT2D eigenvalue weighted by Crippen LogP contribution is -2.30. The minimum atomic E-state index is -0.161. The van der Waals surface area contributed by atoms with Gasteiger partial charge in [0.1, 0.15) is 0 Å². The van der Waals surface area contributed by atoms with E-state index in [2.05, 4.69) is 6.92 Å². The molecular formula is C15H20O2. The van der Waals surface area contributed by atoms with Crippen LogP contribution in [0.5, 0.6) is 0 Å². The number of hydrogen-bond donors (Lipinski definition) is 0. The van der Waals surface area contributed by atoms with Gasteiger partial charge in [-0.2, -0.15) is 0 Å². The van der Waals surface area contributed by atoms with Crippen molar-refractivity contribution in [2.75, 3.05) is 6.61 Å². The average molecular weight is 232 g/mol. The van der Waals surface area contributed by atoms with E-state index in [1.807, 2.05) is 31.2 Å². The zero-order valence-corrected chi connectivity index (χ0v) is 10.7. The summed E-state index contributed by atoms with van der Waals surface area (Å²) in [5.74, 6) is 0.200. The van der Waals surface area contributed by atoms with Crippen molar-refractivity contribution in [3.63, 3.8) is 0 Å². The second kappa shape index (κ2) is 5.01. The molecule has 1 aromatic rings. The summed E-state index contributed by atoms with van der Waals surface area (Å²) in [4.78, 5) is 11.5. The summed E-state index contributed by atoms with van der Waals surface area (Å²) in [6.07, 6.45) is 4.00. The monoisotopic (exact) mass is 232 g/mol. The molecule has 1 unspecified atom stereocenters. The SMILES string of the molecule is CCC(=O)c1ccc(C2(C)CCCCO2)cc1. The van der Waals surface area contributed by atoms with Crippen molar-refractivity contribution in [3.05, 3.63) is 35.4 Å². The highest BCUT2D eigenvalue weighted by Gasteiger charge is 2.29. The molecule has 1 heterocycles. The first kappa shape index (κ1) is 12.3. The largest absolute Gasteiger partial charge is 0.371 e. The maximum absolute atomic E-state index is 11.5. The minimum absolute atomic E-state index is 0.161. The fraction of sp³-hybridized carbons (Fsp3) is 0.533. The standard InChI is InChI=1S/C15H20O2/c1-3-14(16)12-6-8-13(9-7-12)15(2)10-4-5-11-17-15/h6-9H,3-5,10-11H2,1-2H3. The Bertz CT molecular complexity index is 386. The third-order valence-electron chi connectivity index (χ3n) is 3.61. The molecule has 2 heteroatoms. The van der Waals surface area contributed by atoms with Gasteiger partial charge in [0, 0.05) is 18.6 Å². The van der Waals surface area contributed by atoms with Crippen LogP contribution >= 0.6 is 0 Å². The topological polar surface area (TPSA) is 26.3 Å². The predicted molar refractivity (Wildman–Crippen MR) is 68.2 cm³/mol. The lowest BCUT2D eigenvalue weighted by Gasteiger charge is -2.34. The van der Waals surface area contributed by atoms with Crippen molar-refractivity contribution < 1.29 is 9.53 Å². The lowest BCUT2D eigenvalue weighted by molar-refractivity contribution is -0.0701.